The van der Waals surface area contributed by atoms with E-state index in [2.05, 4.69) is 17.6 Å². The standard InChI is InChI=1S/C8H14N2S2/c1-10(2)8-9-6-7(12-8)4-3-5-11/h6,11H,3-5H2,1-2H3. The molecular weight excluding hydrogens is 188 g/mol. The summed E-state index contributed by atoms with van der Waals surface area (Å²) in [6, 6.07) is 0. The van der Waals surface area contributed by atoms with Crippen LogP contribution in [0.2, 0.25) is 0 Å². The lowest BCUT2D eigenvalue weighted by Crippen LogP contribution is -2.07. The van der Waals surface area contributed by atoms with Gasteiger partial charge in [0.25, 0.3) is 0 Å². The van der Waals surface area contributed by atoms with Gasteiger partial charge in [-0.1, -0.05) is 0 Å². The van der Waals surface area contributed by atoms with Gasteiger partial charge in [0.05, 0.1) is 0 Å². The third kappa shape index (κ3) is 2.68. The van der Waals surface area contributed by atoms with Crippen LogP contribution in [-0.4, -0.2) is 24.8 Å². The molecule has 0 aliphatic carbocycles. The molecule has 1 rings (SSSR count). The minimum atomic E-state index is 0.954. The Hall–Kier alpha value is -0.220. The van der Waals surface area contributed by atoms with Crippen LogP contribution in [0.3, 0.4) is 0 Å². The fourth-order valence-corrected chi connectivity index (χ4v) is 1.91. The first-order valence-corrected chi connectivity index (χ1v) is 5.42. The van der Waals surface area contributed by atoms with Gasteiger partial charge in [-0.3, -0.25) is 0 Å². The maximum atomic E-state index is 4.29. The molecular formula is C8H14N2S2. The van der Waals surface area contributed by atoms with Crippen molar-refractivity contribution in [3.8, 4) is 0 Å². The molecule has 1 heterocycles. The summed E-state index contributed by atoms with van der Waals surface area (Å²) < 4.78 is 0. The van der Waals surface area contributed by atoms with Crippen LogP contribution in [0.4, 0.5) is 5.13 Å². The van der Waals surface area contributed by atoms with Gasteiger partial charge >= 0.3 is 0 Å². The summed E-state index contributed by atoms with van der Waals surface area (Å²) in [7, 11) is 4.03. The Balaban J connectivity index is 2.52. The fourth-order valence-electron chi connectivity index (χ4n) is 0.873. The minimum absolute atomic E-state index is 0.954. The number of thiazole rings is 1. The van der Waals surface area contributed by atoms with Crippen molar-refractivity contribution in [2.45, 2.75) is 12.8 Å². The van der Waals surface area contributed by atoms with Crippen molar-refractivity contribution >= 4 is 29.1 Å². The van der Waals surface area contributed by atoms with Crippen LogP contribution >= 0.6 is 24.0 Å². The van der Waals surface area contributed by atoms with E-state index in [0.717, 1.165) is 23.7 Å². The normalized spacial score (nSPS) is 10.2. The number of rotatable bonds is 4. The molecule has 0 saturated heterocycles. The van der Waals surface area contributed by atoms with Gasteiger partial charge in [0.15, 0.2) is 5.13 Å². The molecule has 0 aromatic carbocycles. The maximum Gasteiger partial charge on any atom is 0.184 e. The lowest BCUT2D eigenvalue weighted by molar-refractivity contribution is 0.951. The van der Waals surface area contributed by atoms with E-state index in [0.29, 0.717) is 0 Å². The SMILES string of the molecule is CN(C)c1ncc(CCCS)s1. The van der Waals surface area contributed by atoms with Crippen molar-refractivity contribution in [2.75, 3.05) is 24.7 Å². The summed E-state index contributed by atoms with van der Waals surface area (Å²) in [5.41, 5.74) is 0. The second-order valence-electron chi connectivity index (χ2n) is 2.83. The Labute approximate surface area is 83.0 Å². The first kappa shape index (κ1) is 9.86. The topological polar surface area (TPSA) is 16.1 Å². The van der Waals surface area contributed by atoms with Gasteiger partial charge in [-0.15, -0.1) is 11.3 Å². The molecule has 2 nitrogen and oxygen atoms in total. The van der Waals surface area contributed by atoms with E-state index in [1.54, 1.807) is 11.3 Å². The predicted octanol–water partition coefficient (Wildman–Crippen LogP) is 2.07. The average Bonchev–Trinajstić information content (AvgIpc) is 2.48. The third-order valence-corrected chi connectivity index (χ3v) is 3.05. The summed E-state index contributed by atoms with van der Waals surface area (Å²) >= 11 is 5.93. The van der Waals surface area contributed by atoms with Gasteiger partial charge < -0.3 is 4.90 Å². The smallest absolute Gasteiger partial charge is 0.184 e. The molecule has 4 heteroatoms. The van der Waals surface area contributed by atoms with E-state index in [9.17, 15) is 0 Å². The molecule has 0 atom stereocenters. The van der Waals surface area contributed by atoms with Crippen LogP contribution in [0.15, 0.2) is 6.20 Å². The average molecular weight is 202 g/mol. The Morgan fingerprint density at radius 1 is 1.58 bits per heavy atom. The van der Waals surface area contributed by atoms with Crippen LogP contribution in [0.5, 0.6) is 0 Å². The van der Waals surface area contributed by atoms with Gasteiger partial charge in [0, 0.05) is 25.2 Å². The quantitative estimate of drug-likeness (QED) is 0.752. The summed E-state index contributed by atoms with van der Waals surface area (Å²) in [5, 5.41) is 1.09. The van der Waals surface area contributed by atoms with E-state index in [4.69, 9.17) is 0 Å². The zero-order valence-electron chi connectivity index (χ0n) is 7.45. The molecule has 68 valence electrons. The van der Waals surface area contributed by atoms with Crippen LogP contribution in [0.1, 0.15) is 11.3 Å². The molecule has 0 fully saturated rings. The monoisotopic (exact) mass is 202 g/mol. The van der Waals surface area contributed by atoms with Gasteiger partial charge in [0.2, 0.25) is 0 Å². The van der Waals surface area contributed by atoms with Crippen molar-refractivity contribution in [3.63, 3.8) is 0 Å². The molecule has 0 N–H and O–H groups in total. The Morgan fingerprint density at radius 2 is 2.33 bits per heavy atom. The molecule has 0 radical (unpaired) electrons. The molecule has 0 amide bonds. The first-order valence-electron chi connectivity index (χ1n) is 3.97. The van der Waals surface area contributed by atoms with Crippen molar-refractivity contribution < 1.29 is 0 Å². The number of aromatic nitrogens is 1. The molecule has 0 spiro atoms. The fraction of sp³-hybridized carbons (Fsp3) is 0.625. The van der Waals surface area contributed by atoms with Gasteiger partial charge in [-0.2, -0.15) is 12.6 Å². The van der Waals surface area contributed by atoms with Crippen LogP contribution in [0, 0.1) is 0 Å². The third-order valence-electron chi connectivity index (χ3n) is 1.51. The predicted molar refractivity (Wildman–Crippen MR) is 58.6 cm³/mol. The summed E-state index contributed by atoms with van der Waals surface area (Å²) in [5.74, 6) is 0.954. The molecule has 0 bridgehead atoms. The second-order valence-corrected chi connectivity index (χ2v) is 4.37. The van der Waals surface area contributed by atoms with E-state index < -0.39 is 0 Å². The number of hydrogen-bond donors (Lipinski definition) is 1. The summed E-state index contributed by atoms with van der Waals surface area (Å²) in [4.78, 5) is 7.68. The number of nitrogens with zero attached hydrogens (tertiary/aromatic N) is 2. The zero-order valence-corrected chi connectivity index (χ0v) is 9.16. The molecule has 0 saturated carbocycles. The van der Waals surface area contributed by atoms with Crippen molar-refractivity contribution in [1.29, 1.82) is 0 Å². The highest BCUT2D eigenvalue weighted by Gasteiger charge is 2.02. The maximum absolute atomic E-state index is 4.29. The van der Waals surface area contributed by atoms with Crippen LogP contribution in [0.25, 0.3) is 0 Å². The highest BCUT2D eigenvalue weighted by atomic mass is 32.1. The summed E-state index contributed by atoms with van der Waals surface area (Å²) in [6.45, 7) is 0. The van der Waals surface area contributed by atoms with E-state index in [1.165, 1.54) is 4.88 Å². The number of thiol groups is 1. The largest absolute Gasteiger partial charge is 0.354 e. The Bertz CT molecular complexity index is 233. The van der Waals surface area contributed by atoms with Gasteiger partial charge in [-0.25, -0.2) is 4.98 Å². The molecule has 0 unspecified atom stereocenters. The van der Waals surface area contributed by atoms with Gasteiger partial charge in [-0.05, 0) is 18.6 Å². The number of anilines is 1. The molecule has 1 aromatic rings. The molecule has 0 aliphatic rings. The lowest BCUT2D eigenvalue weighted by atomic mass is 10.3. The van der Waals surface area contributed by atoms with Crippen molar-refractivity contribution in [1.82, 2.24) is 4.98 Å². The van der Waals surface area contributed by atoms with Crippen molar-refractivity contribution in [2.24, 2.45) is 0 Å². The highest BCUT2D eigenvalue weighted by Crippen LogP contribution is 2.21. The molecule has 0 aliphatic heterocycles. The van der Waals surface area contributed by atoms with E-state index >= 15 is 0 Å². The lowest BCUT2D eigenvalue weighted by Gasteiger charge is -2.05. The minimum Gasteiger partial charge on any atom is -0.354 e. The zero-order chi connectivity index (χ0) is 8.97. The Morgan fingerprint density at radius 3 is 2.83 bits per heavy atom. The number of hydrogen-bond acceptors (Lipinski definition) is 4. The molecule has 12 heavy (non-hydrogen) atoms. The van der Waals surface area contributed by atoms with Crippen LogP contribution < -0.4 is 4.90 Å². The van der Waals surface area contributed by atoms with Crippen molar-refractivity contribution in [3.05, 3.63) is 11.1 Å². The van der Waals surface area contributed by atoms with Gasteiger partial charge in [0.1, 0.15) is 0 Å². The summed E-state index contributed by atoms with van der Waals surface area (Å²) in [6.07, 6.45) is 4.20. The second kappa shape index (κ2) is 4.72. The van der Waals surface area contributed by atoms with E-state index in [-0.39, 0.29) is 0 Å². The first-order chi connectivity index (χ1) is 5.74. The highest BCUT2D eigenvalue weighted by molar-refractivity contribution is 7.80. The molecule has 1 aromatic heterocycles. The van der Waals surface area contributed by atoms with E-state index in [1.807, 2.05) is 25.2 Å². The number of aryl methyl sites for hydroxylation is 1. The Kier molecular flexibility index (Phi) is 3.88. The van der Waals surface area contributed by atoms with Crippen LogP contribution in [-0.2, 0) is 6.42 Å².